The molecule has 2 heterocycles. The number of anilines is 1. The second-order valence-corrected chi connectivity index (χ2v) is 9.22. The minimum absolute atomic E-state index is 0.121. The van der Waals surface area contributed by atoms with Gasteiger partial charge in [-0.2, -0.15) is 0 Å². The van der Waals surface area contributed by atoms with Gasteiger partial charge in [0.15, 0.2) is 5.13 Å². The maximum absolute atomic E-state index is 12.3. The maximum atomic E-state index is 12.3. The molecule has 2 aromatic heterocycles. The first-order valence-corrected chi connectivity index (χ1v) is 11.3. The topological polar surface area (TPSA) is 114 Å². The van der Waals surface area contributed by atoms with E-state index in [0.717, 1.165) is 16.8 Å². The zero-order valence-electron chi connectivity index (χ0n) is 19.1. The zero-order chi connectivity index (χ0) is 24.0. The third-order valence-corrected chi connectivity index (χ3v) is 5.54. The molecule has 3 rings (SSSR count). The van der Waals surface area contributed by atoms with E-state index < -0.39 is 0 Å². The Morgan fingerprint density at radius 2 is 2.03 bits per heavy atom. The Labute approximate surface area is 197 Å². The Morgan fingerprint density at radius 3 is 2.73 bits per heavy atom. The molecule has 0 aliphatic rings. The normalized spacial score (nSPS) is 12.2. The van der Waals surface area contributed by atoms with Gasteiger partial charge in [0.25, 0.3) is 5.91 Å². The van der Waals surface area contributed by atoms with Crippen molar-refractivity contribution in [2.45, 2.75) is 26.3 Å². The van der Waals surface area contributed by atoms with Gasteiger partial charge in [-0.15, -0.1) is 11.3 Å². The largest absolute Gasteiger partial charge is 0.398 e. The number of aromatic nitrogens is 2. The van der Waals surface area contributed by atoms with Crippen molar-refractivity contribution in [3.8, 4) is 11.3 Å². The monoisotopic (exact) mass is 464 g/mol. The van der Waals surface area contributed by atoms with Crippen molar-refractivity contribution in [1.82, 2.24) is 14.9 Å². The molecular formula is C24H28N6O2S. The molecule has 0 aliphatic carbocycles. The standard InChI is InChI=1S/C24H28N6O2S/c1-24(2,3)30-11-9-18(14-30)22(32)27-13-21(31)29-23-28-20(15-33-23)17-7-5-6-16(12-17)19(25)8-10-26-4/h5-12,14-15H,13,25H2,1-4H3,(H,27,32)(H,28,29,31). The predicted octanol–water partition coefficient (Wildman–Crippen LogP) is 3.74. The SMILES string of the molecule is CN=CC=C(N)c1cccc(-c2csc(NC(=O)CNC(=O)c3ccn(C(C)(C)C)c3)n2)c1. The molecule has 9 heteroatoms. The first-order valence-electron chi connectivity index (χ1n) is 10.4. The second-order valence-electron chi connectivity index (χ2n) is 8.36. The minimum atomic E-state index is -0.348. The van der Waals surface area contributed by atoms with Gasteiger partial charge in [-0.05, 0) is 44.5 Å². The van der Waals surface area contributed by atoms with E-state index in [-0.39, 0.29) is 23.9 Å². The van der Waals surface area contributed by atoms with Crippen LogP contribution in [0.1, 0.15) is 36.7 Å². The maximum Gasteiger partial charge on any atom is 0.253 e. The summed E-state index contributed by atoms with van der Waals surface area (Å²) >= 11 is 1.31. The molecule has 0 radical (unpaired) electrons. The molecule has 1 aromatic carbocycles. The summed E-state index contributed by atoms with van der Waals surface area (Å²) in [7, 11) is 1.68. The molecule has 0 bridgehead atoms. The number of rotatable bonds is 7. The smallest absolute Gasteiger partial charge is 0.253 e. The summed E-state index contributed by atoms with van der Waals surface area (Å²) < 4.78 is 1.95. The molecule has 8 nitrogen and oxygen atoms in total. The molecule has 2 amide bonds. The number of aliphatic imine (C=N–C) groups is 1. The molecule has 0 atom stereocenters. The third kappa shape index (κ3) is 6.39. The lowest BCUT2D eigenvalue weighted by molar-refractivity contribution is -0.115. The number of nitrogens with zero attached hydrogens (tertiary/aromatic N) is 3. The highest BCUT2D eigenvalue weighted by Crippen LogP contribution is 2.26. The molecule has 4 N–H and O–H groups in total. The summed E-state index contributed by atoms with van der Waals surface area (Å²) in [5, 5.41) is 7.68. The number of allylic oxidation sites excluding steroid dienone is 1. The number of thiazole rings is 1. The van der Waals surface area contributed by atoms with Crippen LogP contribution < -0.4 is 16.4 Å². The third-order valence-electron chi connectivity index (χ3n) is 4.78. The lowest BCUT2D eigenvalue weighted by atomic mass is 10.1. The van der Waals surface area contributed by atoms with Crippen molar-refractivity contribution in [1.29, 1.82) is 0 Å². The zero-order valence-corrected chi connectivity index (χ0v) is 19.9. The van der Waals surface area contributed by atoms with Crippen LogP contribution in [0, 0.1) is 0 Å². The lowest BCUT2D eigenvalue weighted by Crippen LogP contribution is -2.32. The fourth-order valence-electron chi connectivity index (χ4n) is 2.95. The van der Waals surface area contributed by atoms with Gasteiger partial charge in [0.2, 0.25) is 5.91 Å². The van der Waals surface area contributed by atoms with Gasteiger partial charge < -0.3 is 20.9 Å². The van der Waals surface area contributed by atoms with Crippen molar-refractivity contribution in [2.75, 3.05) is 18.9 Å². The Balaban J connectivity index is 1.59. The van der Waals surface area contributed by atoms with Crippen LogP contribution in [0.3, 0.4) is 0 Å². The molecule has 0 fully saturated rings. The van der Waals surface area contributed by atoms with Gasteiger partial charge in [-0.1, -0.05) is 18.2 Å². The first-order chi connectivity index (χ1) is 15.7. The molecule has 0 spiro atoms. The van der Waals surface area contributed by atoms with Crippen LogP contribution in [0.4, 0.5) is 5.13 Å². The average Bonchev–Trinajstić information content (AvgIpc) is 3.46. The number of nitrogens with two attached hydrogens (primary N) is 1. The van der Waals surface area contributed by atoms with Crippen LogP contribution in [-0.2, 0) is 10.3 Å². The lowest BCUT2D eigenvalue weighted by Gasteiger charge is -2.20. The predicted molar refractivity (Wildman–Crippen MR) is 135 cm³/mol. The Morgan fingerprint density at radius 1 is 1.24 bits per heavy atom. The molecule has 0 unspecified atom stereocenters. The summed E-state index contributed by atoms with van der Waals surface area (Å²) in [6.07, 6.45) is 6.99. The number of carbonyl (C=O) groups is 2. The molecule has 0 aliphatic heterocycles. The van der Waals surface area contributed by atoms with Crippen molar-refractivity contribution >= 4 is 40.2 Å². The Hall–Kier alpha value is -3.72. The molecule has 33 heavy (non-hydrogen) atoms. The molecule has 0 saturated carbocycles. The summed E-state index contributed by atoms with van der Waals surface area (Å²) in [6, 6.07) is 9.40. The van der Waals surface area contributed by atoms with Crippen LogP contribution in [0.2, 0.25) is 0 Å². The Kier molecular flexibility index (Phi) is 7.44. The molecule has 3 aromatic rings. The average molecular weight is 465 g/mol. The fourth-order valence-corrected chi connectivity index (χ4v) is 3.68. The van der Waals surface area contributed by atoms with Crippen LogP contribution in [0.5, 0.6) is 0 Å². The molecule has 0 saturated heterocycles. The van der Waals surface area contributed by atoms with E-state index in [1.165, 1.54) is 11.3 Å². The van der Waals surface area contributed by atoms with E-state index in [4.69, 9.17) is 5.73 Å². The fraction of sp³-hybridized carbons (Fsp3) is 0.250. The summed E-state index contributed by atoms with van der Waals surface area (Å²) in [5.41, 5.74) is 9.52. The van der Waals surface area contributed by atoms with Crippen LogP contribution in [-0.4, -0.2) is 41.2 Å². The number of nitrogens with one attached hydrogen (secondary N) is 2. The quantitative estimate of drug-likeness (QED) is 0.462. The van der Waals surface area contributed by atoms with E-state index in [2.05, 4.69) is 20.6 Å². The number of amides is 2. The second kappa shape index (κ2) is 10.3. The van der Waals surface area contributed by atoms with Gasteiger partial charge in [0.05, 0.1) is 17.8 Å². The van der Waals surface area contributed by atoms with E-state index in [1.807, 2.05) is 61.2 Å². The minimum Gasteiger partial charge on any atom is -0.398 e. The van der Waals surface area contributed by atoms with E-state index in [0.29, 0.717) is 16.4 Å². The van der Waals surface area contributed by atoms with Gasteiger partial charge >= 0.3 is 0 Å². The number of carbonyl (C=O) groups excluding carboxylic acids is 2. The summed E-state index contributed by atoms with van der Waals surface area (Å²) in [4.78, 5) is 33.0. The molecular weight excluding hydrogens is 436 g/mol. The van der Waals surface area contributed by atoms with Gasteiger partial charge in [0.1, 0.15) is 0 Å². The van der Waals surface area contributed by atoms with Crippen molar-refractivity contribution in [2.24, 2.45) is 10.7 Å². The summed E-state index contributed by atoms with van der Waals surface area (Å²) in [5.74, 6) is -0.650. The van der Waals surface area contributed by atoms with E-state index in [9.17, 15) is 9.59 Å². The van der Waals surface area contributed by atoms with Crippen LogP contribution in [0.15, 0.2) is 59.2 Å². The number of benzene rings is 1. The van der Waals surface area contributed by atoms with Crippen molar-refractivity contribution < 1.29 is 9.59 Å². The first kappa shape index (κ1) is 23.9. The van der Waals surface area contributed by atoms with Crippen LogP contribution >= 0.6 is 11.3 Å². The van der Waals surface area contributed by atoms with E-state index in [1.54, 1.807) is 31.6 Å². The number of hydrogen-bond donors (Lipinski definition) is 3. The molecule has 172 valence electrons. The van der Waals surface area contributed by atoms with Gasteiger partial charge in [0, 0.05) is 47.8 Å². The van der Waals surface area contributed by atoms with Gasteiger partial charge in [-0.25, -0.2) is 4.98 Å². The van der Waals surface area contributed by atoms with Crippen LogP contribution in [0.25, 0.3) is 17.0 Å². The highest BCUT2D eigenvalue weighted by molar-refractivity contribution is 7.14. The highest BCUT2D eigenvalue weighted by atomic mass is 32.1. The van der Waals surface area contributed by atoms with E-state index >= 15 is 0 Å². The Bertz CT molecular complexity index is 1200. The van der Waals surface area contributed by atoms with Gasteiger partial charge in [-0.3, -0.25) is 14.6 Å². The number of hydrogen-bond acceptors (Lipinski definition) is 6. The van der Waals surface area contributed by atoms with Crippen molar-refractivity contribution in [3.63, 3.8) is 0 Å². The highest BCUT2D eigenvalue weighted by Gasteiger charge is 2.16. The van der Waals surface area contributed by atoms with Crippen molar-refractivity contribution in [3.05, 3.63) is 65.3 Å². The summed E-state index contributed by atoms with van der Waals surface area (Å²) in [6.45, 7) is 6.00.